The average molecular weight is 324 g/mol. The lowest BCUT2D eigenvalue weighted by molar-refractivity contribution is -0.140. The van der Waals surface area contributed by atoms with E-state index < -0.39 is 0 Å². The second-order valence-corrected chi connectivity index (χ2v) is 7.54. The highest BCUT2D eigenvalue weighted by Crippen LogP contribution is 2.60. The molecule has 4 saturated carbocycles. The Kier molecular flexibility index (Phi) is 2.60. The van der Waals surface area contributed by atoms with Crippen molar-refractivity contribution >= 4 is 27.7 Å². The lowest BCUT2D eigenvalue weighted by Crippen LogP contribution is -2.51. The molecule has 5 rings (SSSR count). The predicted octanol–water partition coefficient (Wildman–Crippen LogP) is 4.20. The van der Waals surface area contributed by atoms with Crippen LogP contribution >= 0.6 is 15.9 Å². The molecule has 102 valence electrons. The Hall–Kier alpha value is -0.770. The fourth-order valence-corrected chi connectivity index (χ4v) is 5.32. The minimum absolute atomic E-state index is 0.103. The van der Waals surface area contributed by atoms with Gasteiger partial charge in [-0.05, 0) is 78.3 Å². The first-order valence-corrected chi connectivity index (χ1v) is 7.99. The summed E-state index contributed by atoms with van der Waals surface area (Å²) in [6.45, 7) is 0. The van der Waals surface area contributed by atoms with Gasteiger partial charge >= 0.3 is 0 Å². The van der Waals surface area contributed by atoms with E-state index in [0.717, 1.165) is 37.0 Å². The monoisotopic (exact) mass is 323 g/mol. The van der Waals surface area contributed by atoms with Gasteiger partial charge < -0.3 is 4.42 Å². The van der Waals surface area contributed by atoms with Crippen LogP contribution in [0.25, 0.3) is 0 Å². The van der Waals surface area contributed by atoms with Gasteiger partial charge in [-0.3, -0.25) is 10.1 Å². The molecule has 1 N–H and O–H groups in total. The number of amides is 1. The molecule has 4 aliphatic rings. The van der Waals surface area contributed by atoms with Gasteiger partial charge in [0.15, 0.2) is 4.67 Å². The Labute approximate surface area is 121 Å². The van der Waals surface area contributed by atoms with Crippen LogP contribution in [0.15, 0.2) is 21.2 Å². The van der Waals surface area contributed by atoms with E-state index in [-0.39, 0.29) is 11.3 Å². The van der Waals surface area contributed by atoms with Gasteiger partial charge in [0.05, 0.1) is 5.41 Å². The van der Waals surface area contributed by atoms with Crippen LogP contribution in [0.2, 0.25) is 0 Å². The minimum atomic E-state index is -0.103. The van der Waals surface area contributed by atoms with E-state index >= 15 is 0 Å². The topological polar surface area (TPSA) is 42.2 Å². The van der Waals surface area contributed by atoms with Gasteiger partial charge in [-0.2, -0.15) is 0 Å². The van der Waals surface area contributed by atoms with Crippen LogP contribution in [0.1, 0.15) is 38.5 Å². The highest BCUT2D eigenvalue weighted by atomic mass is 79.9. The Morgan fingerprint density at radius 2 is 1.74 bits per heavy atom. The Morgan fingerprint density at radius 1 is 1.16 bits per heavy atom. The van der Waals surface area contributed by atoms with Crippen LogP contribution in [-0.2, 0) is 4.79 Å². The first-order valence-electron chi connectivity index (χ1n) is 7.20. The van der Waals surface area contributed by atoms with E-state index in [4.69, 9.17) is 4.42 Å². The average Bonchev–Trinajstić information content (AvgIpc) is 2.73. The van der Waals surface area contributed by atoms with Gasteiger partial charge in [0, 0.05) is 6.07 Å². The standard InChI is InChI=1S/C15H18BrNO2/c16-12-1-2-13(19-12)17-14(18)15-6-9-3-10(7-15)5-11(4-9)8-15/h1-2,9-11H,3-8H2,(H,17,18). The van der Waals surface area contributed by atoms with Crippen molar-refractivity contribution in [2.45, 2.75) is 38.5 Å². The second-order valence-electron chi connectivity index (χ2n) is 6.76. The van der Waals surface area contributed by atoms with Gasteiger partial charge in [0.2, 0.25) is 11.8 Å². The molecule has 4 fully saturated rings. The molecule has 1 heterocycles. The summed E-state index contributed by atoms with van der Waals surface area (Å²) in [6, 6.07) is 3.62. The maximum absolute atomic E-state index is 12.7. The number of furan rings is 1. The number of rotatable bonds is 2. The molecule has 0 atom stereocenters. The highest BCUT2D eigenvalue weighted by Gasteiger charge is 2.54. The normalized spacial score (nSPS) is 39.5. The largest absolute Gasteiger partial charge is 0.434 e. The zero-order chi connectivity index (χ0) is 13.0. The third kappa shape index (κ3) is 1.95. The van der Waals surface area contributed by atoms with Crippen molar-refractivity contribution in [2.24, 2.45) is 23.2 Å². The van der Waals surface area contributed by atoms with Gasteiger partial charge in [0.1, 0.15) is 0 Å². The number of carbonyl (C=O) groups excluding carboxylic acids is 1. The van der Waals surface area contributed by atoms with Crippen LogP contribution in [0.3, 0.4) is 0 Å². The molecular weight excluding hydrogens is 306 g/mol. The molecule has 4 aliphatic carbocycles. The molecule has 4 heteroatoms. The molecular formula is C15H18BrNO2. The molecule has 0 spiro atoms. The quantitative estimate of drug-likeness (QED) is 0.886. The molecule has 1 amide bonds. The summed E-state index contributed by atoms with van der Waals surface area (Å²) in [5.41, 5.74) is -0.103. The number of hydrogen-bond acceptors (Lipinski definition) is 2. The van der Waals surface area contributed by atoms with Crippen molar-refractivity contribution in [2.75, 3.05) is 5.32 Å². The number of halogens is 1. The lowest BCUT2D eigenvalue weighted by Gasteiger charge is -2.55. The molecule has 3 nitrogen and oxygen atoms in total. The Bertz CT molecular complexity index is 487. The van der Waals surface area contributed by atoms with E-state index in [9.17, 15) is 4.79 Å². The van der Waals surface area contributed by atoms with Crippen LogP contribution in [-0.4, -0.2) is 5.91 Å². The maximum atomic E-state index is 12.7. The second kappa shape index (κ2) is 4.11. The smallest absolute Gasteiger partial charge is 0.232 e. The summed E-state index contributed by atoms with van der Waals surface area (Å²) < 4.78 is 6.06. The molecule has 0 aromatic carbocycles. The minimum Gasteiger partial charge on any atom is -0.434 e. The summed E-state index contributed by atoms with van der Waals surface area (Å²) in [5.74, 6) is 3.13. The third-order valence-electron chi connectivity index (χ3n) is 5.33. The first-order chi connectivity index (χ1) is 9.13. The fraction of sp³-hybridized carbons (Fsp3) is 0.667. The van der Waals surface area contributed by atoms with Crippen molar-refractivity contribution in [1.82, 2.24) is 0 Å². The van der Waals surface area contributed by atoms with E-state index in [1.54, 1.807) is 0 Å². The molecule has 1 aromatic rings. The fourth-order valence-electron chi connectivity index (χ4n) is 5.01. The van der Waals surface area contributed by atoms with Crippen molar-refractivity contribution in [3.8, 4) is 0 Å². The molecule has 0 radical (unpaired) electrons. The van der Waals surface area contributed by atoms with Gasteiger partial charge in [0.25, 0.3) is 0 Å². The number of hydrogen-bond donors (Lipinski definition) is 1. The molecule has 0 aliphatic heterocycles. The first kappa shape index (κ1) is 12.0. The van der Waals surface area contributed by atoms with Crippen molar-refractivity contribution in [3.63, 3.8) is 0 Å². The summed E-state index contributed by atoms with van der Waals surface area (Å²) in [6.07, 6.45) is 7.35. The summed E-state index contributed by atoms with van der Waals surface area (Å²) >= 11 is 3.27. The Balaban J connectivity index is 1.56. The van der Waals surface area contributed by atoms with Crippen molar-refractivity contribution in [3.05, 3.63) is 16.8 Å². The SMILES string of the molecule is O=C(Nc1ccc(Br)o1)C12CC3CC(CC(C3)C1)C2. The van der Waals surface area contributed by atoms with Crippen LogP contribution in [0, 0.1) is 23.2 Å². The van der Waals surface area contributed by atoms with Gasteiger partial charge in [-0.25, -0.2) is 0 Å². The zero-order valence-corrected chi connectivity index (χ0v) is 12.4. The van der Waals surface area contributed by atoms with Crippen molar-refractivity contribution in [1.29, 1.82) is 0 Å². The molecule has 0 saturated heterocycles. The highest BCUT2D eigenvalue weighted by molar-refractivity contribution is 9.10. The summed E-state index contributed by atoms with van der Waals surface area (Å²) in [5, 5.41) is 2.98. The van der Waals surface area contributed by atoms with Crippen LogP contribution in [0.5, 0.6) is 0 Å². The molecule has 0 unspecified atom stereocenters. The van der Waals surface area contributed by atoms with E-state index in [0.29, 0.717) is 10.6 Å². The predicted molar refractivity (Wildman–Crippen MR) is 75.6 cm³/mol. The molecule has 4 bridgehead atoms. The van der Waals surface area contributed by atoms with Gasteiger partial charge in [-0.1, -0.05) is 0 Å². The number of nitrogens with one attached hydrogen (secondary N) is 1. The summed E-state index contributed by atoms with van der Waals surface area (Å²) in [7, 11) is 0. The van der Waals surface area contributed by atoms with Gasteiger partial charge in [-0.15, -0.1) is 0 Å². The lowest BCUT2D eigenvalue weighted by atomic mass is 9.49. The van der Waals surface area contributed by atoms with E-state index in [2.05, 4.69) is 21.2 Å². The maximum Gasteiger partial charge on any atom is 0.232 e. The Morgan fingerprint density at radius 3 is 2.21 bits per heavy atom. The van der Waals surface area contributed by atoms with Crippen molar-refractivity contribution < 1.29 is 9.21 Å². The summed E-state index contributed by atoms with van der Waals surface area (Å²) in [4.78, 5) is 12.7. The number of carbonyl (C=O) groups is 1. The zero-order valence-electron chi connectivity index (χ0n) is 10.8. The van der Waals surface area contributed by atoms with E-state index in [1.165, 1.54) is 19.3 Å². The molecule has 1 aromatic heterocycles. The number of anilines is 1. The van der Waals surface area contributed by atoms with Crippen LogP contribution < -0.4 is 5.32 Å². The van der Waals surface area contributed by atoms with Crippen LogP contribution in [0.4, 0.5) is 5.88 Å². The third-order valence-corrected chi connectivity index (χ3v) is 5.76. The molecule has 19 heavy (non-hydrogen) atoms. The van der Waals surface area contributed by atoms with E-state index in [1.807, 2.05) is 12.1 Å².